The van der Waals surface area contributed by atoms with E-state index in [0.717, 1.165) is 5.69 Å². The van der Waals surface area contributed by atoms with Crippen LogP contribution in [0, 0.1) is 10.1 Å². The third-order valence-corrected chi connectivity index (χ3v) is 2.39. The number of rotatable bonds is 4. The molecule has 1 aromatic heterocycles. The molecule has 0 bridgehead atoms. The minimum atomic E-state index is -0.469. The molecule has 0 aliphatic heterocycles. The summed E-state index contributed by atoms with van der Waals surface area (Å²) in [4.78, 5) is 12.3. The molecule has 0 unspecified atom stereocenters. The van der Waals surface area contributed by atoms with E-state index in [-0.39, 0.29) is 11.5 Å². The highest BCUT2D eigenvalue weighted by atomic mass is 16.6. The summed E-state index contributed by atoms with van der Waals surface area (Å²) >= 11 is 0. The number of hydrogen-bond acceptors (Lipinski definition) is 5. The van der Waals surface area contributed by atoms with E-state index in [9.17, 15) is 10.1 Å². The zero-order valence-corrected chi connectivity index (χ0v) is 10.6. The number of hydrogen-bond donors (Lipinski definition) is 0. The van der Waals surface area contributed by atoms with Gasteiger partial charge in [-0.1, -0.05) is 18.2 Å². The molecule has 0 aliphatic rings. The summed E-state index contributed by atoms with van der Waals surface area (Å²) in [6, 6.07) is 9.24. The van der Waals surface area contributed by atoms with Gasteiger partial charge in [0.05, 0.1) is 11.1 Å². The Labute approximate surface area is 109 Å². The first-order chi connectivity index (χ1) is 9.09. The molecule has 0 fully saturated rings. The minimum Gasteiger partial charge on any atom is -0.378 e. The second-order valence-electron chi connectivity index (χ2n) is 4.10. The lowest BCUT2D eigenvalue weighted by molar-refractivity contribution is -0.377. The molecule has 7 nitrogen and oxygen atoms in total. The van der Waals surface area contributed by atoms with Gasteiger partial charge < -0.3 is 4.90 Å². The largest absolute Gasteiger partial charge is 0.378 e. The number of nitro groups is 1. The van der Waals surface area contributed by atoms with Crippen LogP contribution in [-0.4, -0.2) is 38.7 Å². The van der Waals surface area contributed by atoms with Crippen molar-refractivity contribution in [1.29, 1.82) is 0 Å². The van der Waals surface area contributed by atoms with Gasteiger partial charge in [0, 0.05) is 19.8 Å². The van der Waals surface area contributed by atoms with Gasteiger partial charge >= 0.3 is 5.70 Å². The van der Waals surface area contributed by atoms with Crippen LogP contribution in [0.15, 0.2) is 42.9 Å². The zero-order valence-electron chi connectivity index (χ0n) is 10.6. The summed E-state index contributed by atoms with van der Waals surface area (Å²) in [5, 5.41) is 18.7. The van der Waals surface area contributed by atoms with Crippen molar-refractivity contribution in [3.8, 4) is 5.69 Å². The average molecular weight is 259 g/mol. The van der Waals surface area contributed by atoms with E-state index in [4.69, 9.17) is 0 Å². The maximum atomic E-state index is 11.1. The monoisotopic (exact) mass is 259 g/mol. The van der Waals surface area contributed by atoms with E-state index < -0.39 is 4.92 Å². The molecule has 0 N–H and O–H groups in total. The van der Waals surface area contributed by atoms with Crippen molar-refractivity contribution in [3.05, 3.63) is 58.8 Å². The molecule has 7 heteroatoms. The molecule has 2 rings (SSSR count). The second-order valence-corrected chi connectivity index (χ2v) is 4.10. The van der Waals surface area contributed by atoms with E-state index in [1.807, 2.05) is 30.3 Å². The van der Waals surface area contributed by atoms with Gasteiger partial charge in [0.15, 0.2) is 0 Å². The first kappa shape index (κ1) is 12.7. The van der Waals surface area contributed by atoms with Crippen LogP contribution in [0.4, 0.5) is 0 Å². The number of para-hydroxylation sites is 1. The standard InChI is InChI=1S/C12H13N5O2/c1-15(2)8-11(17(18)19)12-14-13-9-16(12)10-6-4-3-5-7-10/h3-9H,1-2H3/b11-8+. The summed E-state index contributed by atoms with van der Waals surface area (Å²) in [5.74, 6) is 0.199. The molecule has 2 aromatic rings. The molecule has 98 valence electrons. The zero-order chi connectivity index (χ0) is 13.8. The van der Waals surface area contributed by atoms with Gasteiger partial charge in [-0.15, -0.1) is 10.2 Å². The summed E-state index contributed by atoms with van der Waals surface area (Å²) in [7, 11) is 3.43. The Morgan fingerprint density at radius 3 is 2.63 bits per heavy atom. The molecule has 0 radical (unpaired) electrons. The molecule has 19 heavy (non-hydrogen) atoms. The van der Waals surface area contributed by atoms with Crippen molar-refractivity contribution in [1.82, 2.24) is 19.7 Å². The van der Waals surface area contributed by atoms with Crippen LogP contribution in [0.5, 0.6) is 0 Å². The topological polar surface area (TPSA) is 77.1 Å². The van der Waals surface area contributed by atoms with Crippen molar-refractivity contribution in [3.63, 3.8) is 0 Å². The van der Waals surface area contributed by atoms with E-state index in [1.54, 1.807) is 23.6 Å². The average Bonchev–Trinajstić information content (AvgIpc) is 2.85. The van der Waals surface area contributed by atoms with Gasteiger partial charge in [0.25, 0.3) is 0 Å². The van der Waals surface area contributed by atoms with Crippen molar-refractivity contribution in [2.24, 2.45) is 0 Å². The molecule has 0 aliphatic carbocycles. The smallest absolute Gasteiger partial charge is 0.329 e. The number of aromatic nitrogens is 3. The maximum Gasteiger partial charge on any atom is 0.329 e. The van der Waals surface area contributed by atoms with Crippen LogP contribution in [-0.2, 0) is 0 Å². The van der Waals surface area contributed by atoms with Crippen LogP contribution in [0.25, 0.3) is 11.4 Å². The lowest BCUT2D eigenvalue weighted by atomic mass is 10.3. The van der Waals surface area contributed by atoms with Crippen molar-refractivity contribution in [2.45, 2.75) is 0 Å². The SMILES string of the molecule is CN(C)/C=C(\c1nncn1-c1ccccc1)[N+](=O)[O-]. The van der Waals surface area contributed by atoms with Crippen molar-refractivity contribution < 1.29 is 4.92 Å². The Bertz CT molecular complexity index is 604. The number of nitrogens with zero attached hydrogens (tertiary/aromatic N) is 5. The Kier molecular flexibility index (Phi) is 3.56. The van der Waals surface area contributed by atoms with Gasteiger partial charge in [0.2, 0.25) is 5.82 Å². The van der Waals surface area contributed by atoms with Crippen LogP contribution in [0.2, 0.25) is 0 Å². The number of benzene rings is 1. The van der Waals surface area contributed by atoms with E-state index >= 15 is 0 Å². The summed E-state index contributed by atoms with van der Waals surface area (Å²) in [6.07, 6.45) is 2.86. The summed E-state index contributed by atoms with van der Waals surface area (Å²) in [6.45, 7) is 0. The third kappa shape index (κ3) is 2.76. The Balaban J connectivity index is 2.52. The highest BCUT2D eigenvalue weighted by Gasteiger charge is 2.22. The van der Waals surface area contributed by atoms with Gasteiger partial charge in [-0.25, -0.2) is 0 Å². The van der Waals surface area contributed by atoms with E-state index in [1.165, 1.54) is 12.5 Å². The highest BCUT2D eigenvalue weighted by Crippen LogP contribution is 2.17. The predicted molar refractivity (Wildman–Crippen MR) is 70.0 cm³/mol. The summed E-state index contributed by atoms with van der Waals surface area (Å²) < 4.78 is 1.58. The van der Waals surface area contributed by atoms with Crippen LogP contribution >= 0.6 is 0 Å². The van der Waals surface area contributed by atoms with Crippen LogP contribution in [0.1, 0.15) is 5.82 Å². The minimum absolute atomic E-state index is 0.105. The van der Waals surface area contributed by atoms with Crippen molar-refractivity contribution >= 4 is 5.70 Å². The van der Waals surface area contributed by atoms with Gasteiger partial charge in [0.1, 0.15) is 6.33 Å². The molecule has 0 saturated carbocycles. The maximum absolute atomic E-state index is 11.1. The molecule has 0 amide bonds. The molecule has 0 spiro atoms. The molecular weight excluding hydrogens is 246 g/mol. The molecular formula is C12H13N5O2. The van der Waals surface area contributed by atoms with E-state index in [0.29, 0.717) is 0 Å². The normalized spacial score (nSPS) is 11.4. The van der Waals surface area contributed by atoms with Crippen LogP contribution < -0.4 is 0 Å². The molecule has 1 aromatic carbocycles. The highest BCUT2D eigenvalue weighted by molar-refractivity contribution is 5.53. The first-order valence-electron chi connectivity index (χ1n) is 5.58. The van der Waals surface area contributed by atoms with Gasteiger partial charge in [-0.3, -0.25) is 14.7 Å². The fourth-order valence-corrected chi connectivity index (χ4v) is 1.62. The Morgan fingerprint density at radius 1 is 1.37 bits per heavy atom. The lowest BCUT2D eigenvalue weighted by Gasteiger charge is -2.07. The van der Waals surface area contributed by atoms with Crippen molar-refractivity contribution in [2.75, 3.05) is 14.1 Å². The lowest BCUT2D eigenvalue weighted by Crippen LogP contribution is -2.11. The van der Waals surface area contributed by atoms with Gasteiger partial charge in [-0.05, 0) is 12.1 Å². The first-order valence-corrected chi connectivity index (χ1v) is 5.58. The summed E-state index contributed by atoms with van der Waals surface area (Å²) in [5.41, 5.74) is 0.667. The van der Waals surface area contributed by atoms with Gasteiger partial charge in [-0.2, -0.15) is 0 Å². The Morgan fingerprint density at radius 2 is 2.05 bits per heavy atom. The van der Waals surface area contributed by atoms with E-state index in [2.05, 4.69) is 10.2 Å². The molecule has 0 saturated heterocycles. The fourth-order valence-electron chi connectivity index (χ4n) is 1.62. The fraction of sp³-hybridized carbons (Fsp3) is 0.167. The quantitative estimate of drug-likeness (QED) is 0.612. The second kappa shape index (κ2) is 5.30. The molecule has 0 atom stereocenters. The third-order valence-electron chi connectivity index (χ3n) is 2.39. The Hall–Kier alpha value is -2.70. The van der Waals surface area contributed by atoms with Crippen LogP contribution in [0.3, 0.4) is 0 Å². The molecule has 1 heterocycles. The predicted octanol–water partition coefficient (Wildman–Crippen LogP) is 1.40.